The molecule has 112 valence electrons. The highest BCUT2D eigenvalue weighted by atomic mass is 127. The van der Waals surface area contributed by atoms with E-state index in [0.29, 0.717) is 17.9 Å². The minimum atomic E-state index is -3.50. The average Bonchev–Trinajstić information content (AvgIpc) is 2.43. The first-order valence-corrected chi connectivity index (χ1v) is 8.91. The Morgan fingerprint density at radius 3 is 2.52 bits per heavy atom. The lowest BCUT2D eigenvalue weighted by molar-refractivity contribution is 0.584. The van der Waals surface area contributed by atoms with Gasteiger partial charge in [0, 0.05) is 10.1 Å². The zero-order chi connectivity index (χ0) is 15.5. The Hall–Kier alpha value is -1.32. The van der Waals surface area contributed by atoms with Gasteiger partial charge in [-0.25, -0.2) is 13.1 Å². The van der Waals surface area contributed by atoms with Gasteiger partial charge >= 0.3 is 0 Å². The quantitative estimate of drug-likeness (QED) is 0.516. The number of para-hydroxylation sites is 1. The van der Waals surface area contributed by atoms with E-state index in [4.69, 9.17) is 5.73 Å². The van der Waals surface area contributed by atoms with Gasteiger partial charge in [-0.05, 0) is 52.9 Å². The van der Waals surface area contributed by atoms with Crippen LogP contribution in [0.4, 0.5) is 17.1 Å². The summed E-state index contributed by atoms with van der Waals surface area (Å²) in [6.45, 7) is 2.08. The van der Waals surface area contributed by atoms with Crippen LogP contribution in [-0.2, 0) is 10.0 Å². The molecule has 2 aromatic rings. The predicted molar refractivity (Wildman–Crippen MR) is 94.2 cm³/mol. The summed E-state index contributed by atoms with van der Waals surface area (Å²) in [6.07, 6.45) is 0. The minimum absolute atomic E-state index is 0.187. The summed E-state index contributed by atoms with van der Waals surface area (Å²) in [6, 6.07) is 12.3. The molecule has 0 fully saturated rings. The minimum Gasteiger partial charge on any atom is -0.397 e. The maximum atomic E-state index is 12.0. The fourth-order valence-electron chi connectivity index (χ4n) is 1.79. The third-order valence-corrected chi connectivity index (χ3v) is 5.30. The lowest BCUT2D eigenvalue weighted by Gasteiger charge is -2.13. The molecule has 4 N–H and O–H groups in total. The molecule has 0 aromatic heterocycles. The van der Waals surface area contributed by atoms with Gasteiger partial charge < -0.3 is 11.1 Å². The van der Waals surface area contributed by atoms with E-state index in [2.05, 4.69) is 32.6 Å². The van der Waals surface area contributed by atoms with Crippen molar-refractivity contribution in [3.63, 3.8) is 0 Å². The molecule has 0 spiro atoms. The zero-order valence-corrected chi connectivity index (χ0v) is 14.4. The van der Waals surface area contributed by atoms with Crippen molar-refractivity contribution in [2.75, 3.05) is 17.6 Å². The molecule has 0 aliphatic rings. The van der Waals surface area contributed by atoms with Gasteiger partial charge in [0.05, 0.1) is 22.0 Å². The molecule has 0 saturated carbocycles. The van der Waals surface area contributed by atoms with Crippen LogP contribution in [0.15, 0.2) is 47.4 Å². The third-order valence-electron chi connectivity index (χ3n) is 2.81. The van der Waals surface area contributed by atoms with E-state index in [9.17, 15) is 8.42 Å². The molecule has 21 heavy (non-hydrogen) atoms. The molecule has 2 rings (SSSR count). The van der Waals surface area contributed by atoms with Crippen molar-refractivity contribution in [2.45, 2.75) is 11.8 Å². The highest BCUT2D eigenvalue weighted by Gasteiger charge is 2.14. The number of hydrogen-bond donors (Lipinski definition) is 3. The molecular weight excluding hydrogens is 401 g/mol. The summed E-state index contributed by atoms with van der Waals surface area (Å²) in [5, 5.41) is 3.17. The van der Waals surface area contributed by atoms with Crippen molar-refractivity contribution in [1.82, 2.24) is 4.72 Å². The summed E-state index contributed by atoms with van der Waals surface area (Å²) in [5.41, 5.74) is 7.86. The Morgan fingerprint density at radius 1 is 1.14 bits per heavy atom. The number of benzene rings is 2. The van der Waals surface area contributed by atoms with Crippen molar-refractivity contribution in [3.8, 4) is 0 Å². The first-order valence-electron chi connectivity index (χ1n) is 6.35. The average molecular weight is 417 g/mol. The van der Waals surface area contributed by atoms with Crippen LogP contribution in [0.25, 0.3) is 0 Å². The van der Waals surface area contributed by atoms with Crippen molar-refractivity contribution < 1.29 is 8.42 Å². The first-order chi connectivity index (χ1) is 9.94. The van der Waals surface area contributed by atoms with Gasteiger partial charge in [0.25, 0.3) is 0 Å². The van der Waals surface area contributed by atoms with Gasteiger partial charge in [0.2, 0.25) is 10.0 Å². The number of halogens is 1. The fraction of sp³-hybridized carbons (Fsp3) is 0.143. The Kier molecular flexibility index (Phi) is 5.07. The maximum Gasteiger partial charge on any atom is 0.240 e. The Bertz CT molecular complexity index is 748. The Balaban J connectivity index is 2.39. The van der Waals surface area contributed by atoms with Gasteiger partial charge in [-0.2, -0.15) is 0 Å². The standard InChI is InChI=1S/C14H16IN3O2S/c1-2-17-21(19,20)10-7-8-12(16)14(9-10)18-13-6-4-3-5-11(13)15/h3-9,17-18H,2,16H2,1H3. The lowest BCUT2D eigenvalue weighted by atomic mass is 10.2. The SMILES string of the molecule is CCNS(=O)(=O)c1ccc(N)c(Nc2ccccc2I)c1. The molecule has 0 aliphatic carbocycles. The molecule has 0 amide bonds. The smallest absolute Gasteiger partial charge is 0.240 e. The molecule has 0 aliphatic heterocycles. The summed E-state index contributed by atoms with van der Waals surface area (Å²) in [5.74, 6) is 0. The molecule has 0 heterocycles. The highest BCUT2D eigenvalue weighted by Crippen LogP contribution is 2.28. The van der Waals surface area contributed by atoms with Gasteiger partial charge in [-0.3, -0.25) is 0 Å². The molecule has 0 unspecified atom stereocenters. The first kappa shape index (κ1) is 16.1. The van der Waals surface area contributed by atoms with Crippen LogP contribution in [0.3, 0.4) is 0 Å². The van der Waals surface area contributed by atoms with Gasteiger partial charge in [0.1, 0.15) is 0 Å². The second-order valence-electron chi connectivity index (χ2n) is 4.36. The topological polar surface area (TPSA) is 84.2 Å². The number of sulfonamides is 1. The van der Waals surface area contributed by atoms with Crippen molar-refractivity contribution in [2.24, 2.45) is 0 Å². The van der Waals surface area contributed by atoms with E-state index in [1.54, 1.807) is 13.0 Å². The van der Waals surface area contributed by atoms with Crippen LogP contribution >= 0.6 is 22.6 Å². The second-order valence-corrected chi connectivity index (χ2v) is 7.28. The normalized spacial score (nSPS) is 11.3. The molecule has 0 atom stereocenters. The van der Waals surface area contributed by atoms with E-state index in [1.807, 2.05) is 24.3 Å². The molecular formula is C14H16IN3O2S. The van der Waals surface area contributed by atoms with E-state index >= 15 is 0 Å². The van der Waals surface area contributed by atoms with Gasteiger partial charge in [0.15, 0.2) is 0 Å². The molecule has 0 saturated heterocycles. The second kappa shape index (κ2) is 6.63. The Morgan fingerprint density at radius 2 is 1.86 bits per heavy atom. The molecule has 0 bridgehead atoms. The fourth-order valence-corrected chi connectivity index (χ4v) is 3.38. The van der Waals surface area contributed by atoms with Crippen molar-refractivity contribution >= 4 is 49.7 Å². The van der Waals surface area contributed by atoms with E-state index in [1.165, 1.54) is 12.1 Å². The van der Waals surface area contributed by atoms with E-state index < -0.39 is 10.0 Å². The highest BCUT2D eigenvalue weighted by molar-refractivity contribution is 14.1. The number of rotatable bonds is 5. The number of anilines is 3. The van der Waals surface area contributed by atoms with E-state index in [-0.39, 0.29) is 4.90 Å². The van der Waals surface area contributed by atoms with Crippen LogP contribution < -0.4 is 15.8 Å². The number of nitrogens with one attached hydrogen (secondary N) is 2. The van der Waals surface area contributed by atoms with Crippen LogP contribution in [0.1, 0.15) is 6.92 Å². The Labute approximate surface area is 138 Å². The maximum absolute atomic E-state index is 12.0. The summed E-state index contributed by atoms with van der Waals surface area (Å²) >= 11 is 2.20. The van der Waals surface area contributed by atoms with Crippen LogP contribution in [-0.4, -0.2) is 15.0 Å². The van der Waals surface area contributed by atoms with Gasteiger partial charge in [-0.15, -0.1) is 0 Å². The third kappa shape index (κ3) is 3.86. The molecule has 0 radical (unpaired) electrons. The van der Waals surface area contributed by atoms with Crippen LogP contribution in [0.5, 0.6) is 0 Å². The number of hydrogen-bond acceptors (Lipinski definition) is 4. The van der Waals surface area contributed by atoms with Crippen LogP contribution in [0.2, 0.25) is 0 Å². The van der Waals surface area contributed by atoms with E-state index in [0.717, 1.165) is 9.26 Å². The zero-order valence-electron chi connectivity index (χ0n) is 11.4. The van der Waals surface area contributed by atoms with Crippen molar-refractivity contribution in [1.29, 1.82) is 0 Å². The lowest BCUT2D eigenvalue weighted by Crippen LogP contribution is -2.23. The number of nitrogen functional groups attached to an aromatic ring is 1. The molecule has 5 nitrogen and oxygen atoms in total. The summed E-state index contributed by atoms with van der Waals surface area (Å²) in [4.78, 5) is 0.187. The summed E-state index contributed by atoms with van der Waals surface area (Å²) in [7, 11) is -3.50. The van der Waals surface area contributed by atoms with Crippen LogP contribution in [0, 0.1) is 3.57 Å². The molecule has 2 aromatic carbocycles. The predicted octanol–water partition coefficient (Wildman–Crippen LogP) is 2.92. The summed E-state index contributed by atoms with van der Waals surface area (Å²) < 4.78 is 27.6. The largest absolute Gasteiger partial charge is 0.397 e. The van der Waals surface area contributed by atoms with Crippen molar-refractivity contribution in [3.05, 3.63) is 46.0 Å². The molecule has 7 heteroatoms. The number of nitrogens with two attached hydrogens (primary N) is 1. The monoisotopic (exact) mass is 417 g/mol. The van der Waals surface area contributed by atoms with Gasteiger partial charge in [-0.1, -0.05) is 19.1 Å².